The lowest BCUT2D eigenvalue weighted by Gasteiger charge is -2.20. The summed E-state index contributed by atoms with van der Waals surface area (Å²) in [6.45, 7) is 0.821. The minimum Gasteiger partial charge on any atom is -0.370 e. The summed E-state index contributed by atoms with van der Waals surface area (Å²) >= 11 is 15.5. The Kier molecular flexibility index (Phi) is 5.14. The van der Waals surface area contributed by atoms with Crippen LogP contribution in [0.15, 0.2) is 42.5 Å². The average Bonchev–Trinajstić information content (AvgIpc) is 2.41. The van der Waals surface area contributed by atoms with E-state index >= 15 is 0 Å². The van der Waals surface area contributed by atoms with E-state index in [0.717, 1.165) is 33.2 Å². The van der Waals surface area contributed by atoms with Crippen molar-refractivity contribution in [1.29, 1.82) is 0 Å². The normalized spacial score (nSPS) is 10.5. The third-order valence-electron chi connectivity index (χ3n) is 2.95. The molecule has 2 rings (SSSR count). The van der Waals surface area contributed by atoms with E-state index in [1.807, 2.05) is 43.4 Å². The van der Waals surface area contributed by atoms with Crippen molar-refractivity contribution in [3.8, 4) is 0 Å². The van der Waals surface area contributed by atoms with Gasteiger partial charge in [-0.3, -0.25) is 0 Å². The van der Waals surface area contributed by atoms with Gasteiger partial charge in [0.05, 0.1) is 0 Å². The van der Waals surface area contributed by atoms with E-state index in [-0.39, 0.29) is 0 Å². The minimum atomic E-state index is 0.760. The van der Waals surface area contributed by atoms with Gasteiger partial charge in [0, 0.05) is 34.7 Å². The second-order valence-electron chi connectivity index (χ2n) is 4.39. The van der Waals surface area contributed by atoms with E-state index in [9.17, 15) is 0 Å². The maximum Gasteiger partial charge on any atom is 0.0467 e. The van der Waals surface area contributed by atoms with Gasteiger partial charge in [-0.1, -0.05) is 57.3 Å². The molecule has 2 aromatic rings. The molecule has 0 saturated heterocycles. The molecule has 2 aromatic carbocycles. The number of halogens is 3. The molecule has 0 spiro atoms. The Morgan fingerprint density at radius 2 is 1.74 bits per heavy atom. The van der Waals surface area contributed by atoms with Gasteiger partial charge in [-0.15, -0.1) is 0 Å². The molecule has 19 heavy (non-hydrogen) atoms. The molecule has 0 bridgehead atoms. The average molecular weight is 359 g/mol. The highest BCUT2D eigenvalue weighted by Crippen LogP contribution is 2.25. The predicted octanol–water partition coefficient (Wildman–Crippen LogP) is 5.52. The summed E-state index contributed by atoms with van der Waals surface area (Å²) in [5.74, 6) is 0. The Morgan fingerprint density at radius 3 is 2.32 bits per heavy atom. The van der Waals surface area contributed by atoms with Crippen LogP contribution in [0.2, 0.25) is 10.0 Å². The summed E-state index contributed by atoms with van der Waals surface area (Å²) in [7, 11) is 2.05. The Balaban J connectivity index is 2.13. The van der Waals surface area contributed by atoms with Crippen molar-refractivity contribution in [3.05, 3.63) is 63.6 Å². The molecule has 0 amide bonds. The molecule has 0 aliphatic carbocycles. The van der Waals surface area contributed by atoms with Gasteiger partial charge >= 0.3 is 0 Å². The first kappa shape index (κ1) is 14.7. The monoisotopic (exact) mass is 357 g/mol. The third kappa shape index (κ3) is 3.88. The quantitative estimate of drug-likeness (QED) is 0.650. The van der Waals surface area contributed by atoms with E-state index < -0.39 is 0 Å². The van der Waals surface area contributed by atoms with E-state index in [1.165, 1.54) is 5.56 Å². The summed E-state index contributed by atoms with van der Waals surface area (Å²) in [4.78, 5) is 2.16. The topological polar surface area (TPSA) is 3.24 Å². The molecule has 0 aliphatic heterocycles. The minimum absolute atomic E-state index is 0.760. The fourth-order valence-corrected chi connectivity index (χ4v) is 2.85. The predicted molar refractivity (Wildman–Crippen MR) is 87.6 cm³/mol. The molecular formula is C15H14BrCl2N. The molecule has 0 radical (unpaired) electrons. The largest absolute Gasteiger partial charge is 0.370 e. The number of hydrogen-bond acceptors (Lipinski definition) is 1. The van der Waals surface area contributed by atoms with Gasteiger partial charge in [-0.05, 0) is 35.4 Å². The highest BCUT2D eigenvalue weighted by atomic mass is 79.9. The summed E-state index contributed by atoms with van der Waals surface area (Å²) in [6, 6.07) is 14.0. The SMILES string of the molecule is CN(Cc1ccc(Cl)cc1)c1ccc(CBr)c(Cl)c1. The van der Waals surface area contributed by atoms with Crippen molar-refractivity contribution in [2.45, 2.75) is 11.9 Å². The van der Waals surface area contributed by atoms with Crippen LogP contribution in [0.5, 0.6) is 0 Å². The Bertz CT molecular complexity index is 555. The maximum absolute atomic E-state index is 6.22. The summed E-state index contributed by atoms with van der Waals surface area (Å²) < 4.78 is 0. The van der Waals surface area contributed by atoms with Gasteiger partial charge in [0.25, 0.3) is 0 Å². The summed E-state index contributed by atoms with van der Waals surface area (Å²) in [5, 5.41) is 2.32. The molecule has 100 valence electrons. The van der Waals surface area contributed by atoms with Crippen LogP contribution < -0.4 is 4.90 Å². The van der Waals surface area contributed by atoms with Crippen LogP contribution in [0.3, 0.4) is 0 Å². The number of benzene rings is 2. The van der Waals surface area contributed by atoms with Gasteiger partial charge in [0.1, 0.15) is 0 Å². The van der Waals surface area contributed by atoms with E-state index in [1.54, 1.807) is 0 Å². The van der Waals surface area contributed by atoms with E-state index in [2.05, 4.69) is 26.9 Å². The second-order valence-corrected chi connectivity index (χ2v) is 5.80. The molecule has 0 atom stereocenters. The van der Waals surface area contributed by atoms with Crippen molar-refractivity contribution >= 4 is 44.8 Å². The van der Waals surface area contributed by atoms with Gasteiger partial charge < -0.3 is 4.90 Å². The van der Waals surface area contributed by atoms with Gasteiger partial charge in [-0.2, -0.15) is 0 Å². The lowest BCUT2D eigenvalue weighted by atomic mass is 10.2. The van der Waals surface area contributed by atoms with Crippen LogP contribution in [0.4, 0.5) is 5.69 Å². The van der Waals surface area contributed by atoms with Crippen LogP contribution in [0.25, 0.3) is 0 Å². The number of rotatable bonds is 4. The first-order valence-electron chi connectivity index (χ1n) is 5.90. The Labute approximate surface area is 132 Å². The zero-order valence-electron chi connectivity index (χ0n) is 10.5. The van der Waals surface area contributed by atoms with Crippen molar-refractivity contribution < 1.29 is 0 Å². The van der Waals surface area contributed by atoms with Crippen LogP contribution in [0, 0.1) is 0 Å². The molecule has 4 heteroatoms. The number of anilines is 1. The Hall–Kier alpha value is -0.700. The van der Waals surface area contributed by atoms with Crippen LogP contribution in [-0.2, 0) is 11.9 Å². The van der Waals surface area contributed by atoms with Gasteiger partial charge in [0.2, 0.25) is 0 Å². The van der Waals surface area contributed by atoms with Gasteiger partial charge in [0.15, 0.2) is 0 Å². The molecule has 0 unspecified atom stereocenters. The molecule has 0 heterocycles. The smallest absolute Gasteiger partial charge is 0.0467 e. The van der Waals surface area contributed by atoms with E-state index in [0.29, 0.717) is 0 Å². The lowest BCUT2D eigenvalue weighted by Crippen LogP contribution is -2.16. The number of hydrogen-bond donors (Lipinski definition) is 0. The van der Waals surface area contributed by atoms with Crippen molar-refractivity contribution in [3.63, 3.8) is 0 Å². The number of nitrogens with zero attached hydrogens (tertiary/aromatic N) is 1. The van der Waals surface area contributed by atoms with Gasteiger partial charge in [-0.25, -0.2) is 0 Å². The summed E-state index contributed by atoms with van der Waals surface area (Å²) in [5.41, 5.74) is 3.42. The third-order valence-corrected chi connectivity index (χ3v) is 4.16. The van der Waals surface area contributed by atoms with Crippen molar-refractivity contribution in [2.75, 3.05) is 11.9 Å². The van der Waals surface area contributed by atoms with Crippen LogP contribution in [-0.4, -0.2) is 7.05 Å². The highest BCUT2D eigenvalue weighted by Gasteiger charge is 2.05. The molecule has 0 N–H and O–H groups in total. The molecule has 1 nitrogen and oxygen atoms in total. The standard InChI is InChI=1S/C15H14BrCl2N/c1-19(10-11-2-5-13(17)6-3-11)14-7-4-12(9-16)15(18)8-14/h2-8H,9-10H2,1H3. The highest BCUT2D eigenvalue weighted by molar-refractivity contribution is 9.08. The summed E-state index contributed by atoms with van der Waals surface area (Å²) in [6.07, 6.45) is 0. The maximum atomic E-state index is 6.22. The van der Waals surface area contributed by atoms with Crippen molar-refractivity contribution in [1.82, 2.24) is 0 Å². The molecular weight excluding hydrogens is 345 g/mol. The van der Waals surface area contributed by atoms with E-state index in [4.69, 9.17) is 23.2 Å². The fourth-order valence-electron chi connectivity index (χ4n) is 1.84. The molecule has 0 fully saturated rings. The molecule has 0 saturated carbocycles. The second kappa shape index (κ2) is 6.65. The van der Waals surface area contributed by atoms with Crippen molar-refractivity contribution in [2.24, 2.45) is 0 Å². The number of alkyl halides is 1. The molecule has 0 aromatic heterocycles. The zero-order valence-corrected chi connectivity index (χ0v) is 13.6. The molecule has 0 aliphatic rings. The van der Waals surface area contributed by atoms with Crippen LogP contribution in [0.1, 0.15) is 11.1 Å². The van der Waals surface area contributed by atoms with Crippen LogP contribution >= 0.6 is 39.1 Å². The first-order chi connectivity index (χ1) is 9.10. The first-order valence-corrected chi connectivity index (χ1v) is 7.78. The lowest BCUT2D eigenvalue weighted by molar-refractivity contribution is 0.923. The fraction of sp³-hybridized carbons (Fsp3) is 0.200. The zero-order chi connectivity index (χ0) is 13.8. The Morgan fingerprint density at radius 1 is 1.05 bits per heavy atom.